The summed E-state index contributed by atoms with van der Waals surface area (Å²) >= 11 is 0. The second-order valence-corrected chi connectivity index (χ2v) is 1.87. The normalized spacial score (nSPS) is 10.2. The molecule has 0 aromatic heterocycles. The Kier molecular flexibility index (Phi) is 36.0. The maximum Gasteiger partial charge on any atom is 0.106 e. The van der Waals surface area contributed by atoms with Gasteiger partial charge in [0.1, 0.15) is 20.4 Å². The van der Waals surface area contributed by atoms with Crippen molar-refractivity contribution in [2.75, 3.05) is 0 Å². The summed E-state index contributed by atoms with van der Waals surface area (Å²) in [5.74, 6) is 0. The first kappa shape index (κ1) is 23.5. The second-order valence-electron chi connectivity index (χ2n) is 1.87. The zero-order valence-corrected chi connectivity index (χ0v) is 9.97. The van der Waals surface area contributed by atoms with E-state index in [1.165, 1.54) is 11.1 Å². The van der Waals surface area contributed by atoms with E-state index in [9.17, 15) is 0 Å². The molecule has 0 unspecified atom stereocenters. The van der Waals surface area contributed by atoms with Crippen LogP contribution < -0.4 is 0 Å². The van der Waals surface area contributed by atoms with Gasteiger partial charge in [0.05, 0.1) is 0 Å². The van der Waals surface area contributed by atoms with Gasteiger partial charge >= 0.3 is 0 Å². The Balaban J connectivity index is -0.0000000755. The van der Waals surface area contributed by atoms with Gasteiger partial charge in [-0.25, -0.2) is 5.57 Å². The predicted octanol–water partition coefficient (Wildman–Crippen LogP) is 1.69. The van der Waals surface area contributed by atoms with Crippen molar-refractivity contribution in [3.8, 4) is 0 Å². The van der Waals surface area contributed by atoms with E-state index in [0.29, 0.717) is 0 Å². The third kappa shape index (κ3) is 12.7. The quantitative estimate of drug-likeness (QED) is 0.525. The van der Waals surface area contributed by atoms with E-state index < -0.39 is 0 Å². The smallest absolute Gasteiger partial charge is 0.106 e. The zero-order valence-electron chi connectivity index (χ0n) is 8.79. The summed E-state index contributed by atoms with van der Waals surface area (Å²) < 4.78 is 0. The van der Waals surface area contributed by atoms with Crippen molar-refractivity contribution < 1.29 is 31.5 Å². The van der Waals surface area contributed by atoms with Crippen molar-refractivity contribution in [2.45, 2.75) is 13.3 Å². The molecule has 0 atom stereocenters. The minimum atomic E-state index is 0. The molecule has 0 N–H and O–H groups in total. The van der Waals surface area contributed by atoms with Crippen LogP contribution in [0.3, 0.4) is 0 Å². The third-order valence-electron chi connectivity index (χ3n) is 1.34. The van der Waals surface area contributed by atoms with Crippen LogP contribution in [0.2, 0.25) is 0 Å². The average Bonchev–Trinajstić information content (AvgIpc) is 2.72. The molecule has 0 bridgehead atoms. The van der Waals surface area contributed by atoms with Crippen molar-refractivity contribution in [1.82, 2.24) is 0 Å². The van der Waals surface area contributed by atoms with E-state index in [0.717, 1.165) is 6.42 Å². The molecular weight excluding hydrogens is 235 g/mol. The Morgan fingerprint density at radius 2 is 1.60 bits per heavy atom. The summed E-state index contributed by atoms with van der Waals surface area (Å²) in [4.78, 5) is 24.0. The van der Waals surface area contributed by atoms with Crippen LogP contribution in [0, 0.1) is 6.08 Å². The Labute approximate surface area is 101 Å². The number of allylic oxidation sites excluding steroid dienone is 5. The number of rotatable bonds is 1. The molecule has 0 amide bonds. The van der Waals surface area contributed by atoms with E-state index in [4.69, 9.17) is 14.4 Å². The number of carbonyl (C=O) groups excluding carboxylic acids is 3. The van der Waals surface area contributed by atoms with Crippen LogP contribution >= 0.6 is 0 Å². The molecule has 0 saturated carbocycles. The van der Waals surface area contributed by atoms with Crippen molar-refractivity contribution >= 4 is 20.4 Å². The van der Waals surface area contributed by atoms with Gasteiger partial charge < -0.3 is 14.4 Å². The largest absolute Gasteiger partial charge is 0.307 e. The Morgan fingerprint density at radius 3 is 1.73 bits per heavy atom. The summed E-state index contributed by atoms with van der Waals surface area (Å²) in [7, 11) is 0. The van der Waals surface area contributed by atoms with Gasteiger partial charge in [-0.05, 0) is 0 Å². The number of hydrogen-bond acceptors (Lipinski definition) is 3. The van der Waals surface area contributed by atoms with Crippen molar-refractivity contribution in [3.63, 3.8) is 0 Å². The van der Waals surface area contributed by atoms with Crippen LogP contribution in [-0.4, -0.2) is 20.4 Å². The molecule has 0 aromatic carbocycles. The average molecular weight is 250 g/mol. The van der Waals surface area contributed by atoms with Crippen molar-refractivity contribution in [3.05, 3.63) is 36.0 Å². The molecule has 3 nitrogen and oxygen atoms in total. The predicted molar refractivity (Wildman–Crippen MR) is 56.7 cm³/mol. The summed E-state index contributed by atoms with van der Waals surface area (Å²) in [5.41, 5.74) is 2.48. The van der Waals surface area contributed by atoms with Gasteiger partial charge in [0, 0.05) is 17.1 Å². The molecule has 1 radical (unpaired) electrons. The maximum absolute atomic E-state index is 8.00. The third-order valence-corrected chi connectivity index (χ3v) is 1.34. The number of carbonyl (C=O) groups is 3. The molecule has 4 heteroatoms. The van der Waals surface area contributed by atoms with E-state index in [1.54, 1.807) is 0 Å². The first-order valence-electron chi connectivity index (χ1n) is 3.61. The standard InChI is InChI=1S/C8H9.3CH2O.Mn/c1-3-8-6-4-5-7(8)2;3*1-2;/h3,6H,1,4H2,2H3;3*1H2;/q-1;;;;. The van der Waals surface area contributed by atoms with Crippen molar-refractivity contribution in [2.24, 2.45) is 0 Å². The maximum atomic E-state index is 8.00. The molecule has 1 aliphatic carbocycles. The van der Waals surface area contributed by atoms with E-state index in [-0.39, 0.29) is 17.1 Å². The minimum absolute atomic E-state index is 0. The molecule has 1 rings (SSSR count). The molecule has 0 aromatic rings. The first-order chi connectivity index (χ1) is 6.84. The molecule has 85 valence electrons. The molecule has 0 saturated heterocycles. The Hall–Kier alpha value is -1.25. The van der Waals surface area contributed by atoms with Crippen LogP contribution in [0.25, 0.3) is 0 Å². The molecular formula is C11H15MnO3-. The summed E-state index contributed by atoms with van der Waals surface area (Å²) in [6.45, 7) is 11.7. The molecule has 15 heavy (non-hydrogen) atoms. The van der Waals surface area contributed by atoms with Crippen molar-refractivity contribution in [1.29, 1.82) is 0 Å². The van der Waals surface area contributed by atoms with Crippen LogP contribution in [0.1, 0.15) is 13.3 Å². The van der Waals surface area contributed by atoms with Crippen LogP contribution in [-0.2, 0) is 31.5 Å². The SMILES string of the molecule is C=CC1=CC[C-]=C1C.C=O.C=O.C=O.[Mn]. The fourth-order valence-electron chi connectivity index (χ4n) is 0.806. The van der Waals surface area contributed by atoms with Gasteiger partial charge in [-0.1, -0.05) is 6.92 Å². The Morgan fingerprint density at radius 1 is 1.20 bits per heavy atom. The zero-order chi connectivity index (χ0) is 12.0. The second kappa shape index (κ2) is 23.0. The fourth-order valence-corrected chi connectivity index (χ4v) is 0.806. The van der Waals surface area contributed by atoms with Gasteiger partial charge in [0.2, 0.25) is 0 Å². The summed E-state index contributed by atoms with van der Waals surface area (Å²) in [5, 5.41) is 0. The van der Waals surface area contributed by atoms with Gasteiger partial charge in [-0.3, -0.25) is 6.08 Å². The molecule has 0 heterocycles. The topological polar surface area (TPSA) is 51.2 Å². The fraction of sp³-hybridized carbons (Fsp3) is 0.182. The molecule has 0 spiro atoms. The van der Waals surface area contributed by atoms with E-state index in [1.807, 2.05) is 26.4 Å². The molecule has 1 aliphatic rings. The van der Waals surface area contributed by atoms with Gasteiger partial charge in [-0.15, -0.1) is 19.1 Å². The monoisotopic (exact) mass is 250 g/mol. The van der Waals surface area contributed by atoms with E-state index >= 15 is 0 Å². The minimum Gasteiger partial charge on any atom is -0.307 e. The van der Waals surface area contributed by atoms with E-state index in [2.05, 4.69) is 25.7 Å². The summed E-state index contributed by atoms with van der Waals surface area (Å²) in [6, 6.07) is 0. The van der Waals surface area contributed by atoms with Gasteiger partial charge in [-0.2, -0.15) is 11.6 Å². The molecule has 0 aliphatic heterocycles. The first-order valence-corrected chi connectivity index (χ1v) is 3.61. The van der Waals surface area contributed by atoms with Gasteiger partial charge in [0.15, 0.2) is 0 Å². The van der Waals surface area contributed by atoms with Gasteiger partial charge in [0.25, 0.3) is 0 Å². The Bertz CT molecular complexity index is 205. The molecule has 0 fully saturated rings. The van der Waals surface area contributed by atoms with Crippen LogP contribution in [0.15, 0.2) is 29.9 Å². The number of hydrogen-bond donors (Lipinski definition) is 0. The summed E-state index contributed by atoms with van der Waals surface area (Å²) in [6.07, 6.45) is 8.14. The van der Waals surface area contributed by atoms with Crippen LogP contribution in [0.4, 0.5) is 0 Å². The van der Waals surface area contributed by atoms with Crippen LogP contribution in [0.5, 0.6) is 0 Å².